The van der Waals surface area contributed by atoms with Crippen molar-refractivity contribution < 1.29 is 0 Å². The van der Waals surface area contributed by atoms with Crippen molar-refractivity contribution in [3.63, 3.8) is 0 Å². The summed E-state index contributed by atoms with van der Waals surface area (Å²) in [6.45, 7) is 0. The zero-order chi connectivity index (χ0) is 14.8. The van der Waals surface area contributed by atoms with Gasteiger partial charge in [-0.05, 0) is 27.1 Å². The van der Waals surface area contributed by atoms with Gasteiger partial charge in [-0.2, -0.15) is 0 Å². The number of nitrogens with zero attached hydrogens (tertiary/aromatic N) is 3. The molecular weight excluding hydrogens is 398 g/mol. The average molecular weight is 409 g/mol. The highest BCUT2D eigenvalue weighted by molar-refractivity contribution is 9.10. The monoisotopic (exact) mass is 407 g/mol. The number of hydrogen-bond acceptors (Lipinski definition) is 4. The largest absolute Gasteiger partial charge is 0.382 e. The molecule has 0 spiro atoms. The number of benzene rings is 1. The van der Waals surface area contributed by atoms with Crippen LogP contribution in [0.2, 0.25) is 0 Å². The third-order valence-electron chi connectivity index (χ3n) is 2.99. The number of aromatic nitrogens is 4. The van der Waals surface area contributed by atoms with E-state index in [2.05, 4.69) is 63.9 Å². The summed E-state index contributed by atoms with van der Waals surface area (Å²) in [5, 5.41) is 0.839. The fraction of sp³-hybridized carbons (Fsp3) is 0.0714. The number of rotatable bonds is 3. The number of nitrogens with two attached hydrogens (primary N) is 1. The van der Waals surface area contributed by atoms with Crippen LogP contribution in [0.15, 0.2) is 41.3 Å². The average Bonchev–Trinajstić information content (AvgIpc) is 2.99. The molecule has 2 heterocycles. The van der Waals surface area contributed by atoms with Crippen molar-refractivity contribution in [3.8, 4) is 22.8 Å². The molecule has 0 unspecified atom stereocenters. The molecule has 0 aliphatic rings. The second-order valence-electron chi connectivity index (χ2n) is 4.40. The third-order valence-corrected chi connectivity index (χ3v) is 4.02. The van der Waals surface area contributed by atoms with Crippen LogP contribution in [-0.2, 0) is 5.33 Å². The van der Waals surface area contributed by atoms with Gasteiger partial charge in [-0.15, -0.1) is 0 Å². The van der Waals surface area contributed by atoms with Crippen molar-refractivity contribution in [3.05, 3.63) is 46.8 Å². The highest BCUT2D eigenvalue weighted by Gasteiger charge is 2.11. The van der Waals surface area contributed by atoms with E-state index in [4.69, 9.17) is 5.73 Å². The SMILES string of the molecule is Nc1ncc(Br)nc1-c1ncc(-c2ccc(CBr)cc2)[nH]1. The van der Waals surface area contributed by atoms with Crippen LogP contribution in [0.4, 0.5) is 5.82 Å². The third kappa shape index (κ3) is 2.98. The molecule has 0 bridgehead atoms. The summed E-state index contributed by atoms with van der Waals surface area (Å²) in [5.41, 5.74) is 9.57. The molecular formula is C14H11Br2N5. The van der Waals surface area contributed by atoms with E-state index in [-0.39, 0.29) is 0 Å². The van der Waals surface area contributed by atoms with Crippen molar-refractivity contribution in [1.29, 1.82) is 0 Å². The molecule has 0 aliphatic heterocycles. The number of anilines is 1. The molecule has 1 aromatic carbocycles. The number of aromatic amines is 1. The van der Waals surface area contributed by atoms with Gasteiger partial charge in [-0.1, -0.05) is 40.2 Å². The van der Waals surface area contributed by atoms with Gasteiger partial charge >= 0.3 is 0 Å². The van der Waals surface area contributed by atoms with Crippen molar-refractivity contribution in [2.24, 2.45) is 0 Å². The van der Waals surface area contributed by atoms with E-state index < -0.39 is 0 Å². The number of nitrogens with one attached hydrogen (secondary N) is 1. The number of nitrogen functional groups attached to an aromatic ring is 1. The van der Waals surface area contributed by atoms with Crippen LogP contribution >= 0.6 is 31.9 Å². The van der Waals surface area contributed by atoms with Crippen LogP contribution in [0, 0.1) is 0 Å². The summed E-state index contributed by atoms with van der Waals surface area (Å²) in [7, 11) is 0. The second kappa shape index (κ2) is 5.95. The molecule has 7 heteroatoms. The first-order valence-electron chi connectivity index (χ1n) is 6.16. The molecule has 3 rings (SSSR count). The van der Waals surface area contributed by atoms with Crippen LogP contribution in [0.5, 0.6) is 0 Å². The maximum absolute atomic E-state index is 5.85. The normalized spacial score (nSPS) is 10.8. The Bertz CT molecular complexity index is 767. The molecule has 106 valence electrons. The van der Waals surface area contributed by atoms with E-state index >= 15 is 0 Å². The smallest absolute Gasteiger partial charge is 0.160 e. The van der Waals surface area contributed by atoms with Crippen LogP contribution in [0.25, 0.3) is 22.8 Å². The number of imidazole rings is 1. The lowest BCUT2D eigenvalue weighted by atomic mass is 10.1. The quantitative estimate of drug-likeness (QED) is 0.646. The van der Waals surface area contributed by atoms with Gasteiger partial charge in [-0.3, -0.25) is 0 Å². The van der Waals surface area contributed by atoms with Gasteiger partial charge in [0.05, 0.1) is 18.1 Å². The van der Waals surface area contributed by atoms with Gasteiger partial charge in [0, 0.05) is 5.33 Å². The Morgan fingerprint density at radius 3 is 2.57 bits per heavy atom. The molecule has 3 aromatic rings. The molecule has 0 fully saturated rings. The predicted octanol–water partition coefficient (Wildman–Crippen LogP) is 3.77. The van der Waals surface area contributed by atoms with E-state index in [0.717, 1.165) is 16.6 Å². The molecule has 0 saturated carbocycles. The number of alkyl halides is 1. The molecule has 21 heavy (non-hydrogen) atoms. The summed E-state index contributed by atoms with van der Waals surface area (Å²) < 4.78 is 0.617. The molecule has 0 saturated heterocycles. The Balaban J connectivity index is 1.97. The zero-order valence-corrected chi connectivity index (χ0v) is 14.0. The topological polar surface area (TPSA) is 80.5 Å². The Morgan fingerprint density at radius 1 is 1.10 bits per heavy atom. The highest BCUT2D eigenvalue weighted by atomic mass is 79.9. The fourth-order valence-corrected chi connectivity index (χ4v) is 2.57. The van der Waals surface area contributed by atoms with Crippen molar-refractivity contribution in [2.75, 3.05) is 5.73 Å². The maximum Gasteiger partial charge on any atom is 0.160 e. The Kier molecular flexibility index (Phi) is 4.03. The van der Waals surface area contributed by atoms with Crippen LogP contribution in [0.3, 0.4) is 0 Å². The number of halogens is 2. The predicted molar refractivity (Wildman–Crippen MR) is 89.8 cm³/mol. The summed E-state index contributed by atoms with van der Waals surface area (Å²) in [6, 6.07) is 8.23. The Morgan fingerprint density at radius 2 is 1.86 bits per heavy atom. The van der Waals surface area contributed by atoms with Crippen LogP contribution in [-0.4, -0.2) is 19.9 Å². The highest BCUT2D eigenvalue weighted by Crippen LogP contribution is 2.25. The molecule has 5 nitrogen and oxygen atoms in total. The number of H-pyrrole nitrogens is 1. The molecule has 2 aromatic heterocycles. The second-order valence-corrected chi connectivity index (χ2v) is 5.78. The summed E-state index contributed by atoms with van der Waals surface area (Å²) >= 11 is 6.72. The molecule has 0 amide bonds. The lowest BCUT2D eigenvalue weighted by Gasteiger charge is -2.01. The summed E-state index contributed by atoms with van der Waals surface area (Å²) in [4.78, 5) is 15.9. The van der Waals surface area contributed by atoms with Crippen LogP contribution in [0.1, 0.15) is 5.56 Å². The minimum atomic E-state index is 0.341. The van der Waals surface area contributed by atoms with Gasteiger partial charge in [0.1, 0.15) is 10.3 Å². The van der Waals surface area contributed by atoms with Crippen molar-refractivity contribution in [2.45, 2.75) is 5.33 Å². The van der Waals surface area contributed by atoms with E-state index in [0.29, 0.717) is 21.9 Å². The van der Waals surface area contributed by atoms with E-state index in [1.807, 2.05) is 12.1 Å². The first-order chi connectivity index (χ1) is 10.2. The minimum Gasteiger partial charge on any atom is -0.382 e. The van der Waals surface area contributed by atoms with Crippen LogP contribution < -0.4 is 5.73 Å². The molecule has 3 N–H and O–H groups in total. The first-order valence-corrected chi connectivity index (χ1v) is 8.07. The van der Waals surface area contributed by atoms with E-state index in [1.54, 1.807) is 12.4 Å². The van der Waals surface area contributed by atoms with Crippen molar-refractivity contribution >= 4 is 37.7 Å². The lowest BCUT2D eigenvalue weighted by Crippen LogP contribution is -1.98. The van der Waals surface area contributed by atoms with Gasteiger partial charge in [0.25, 0.3) is 0 Å². The molecule has 0 atom stereocenters. The van der Waals surface area contributed by atoms with Gasteiger partial charge < -0.3 is 10.7 Å². The Labute approximate surface area is 138 Å². The lowest BCUT2D eigenvalue weighted by molar-refractivity contribution is 1.14. The summed E-state index contributed by atoms with van der Waals surface area (Å²) in [5.74, 6) is 0.939. The minimum absolute atomic E-state index is 0.341. The maximum atomic E-state index is 5.85. The molecule has 0 aliphatic carbocycles. The standard InChI is InChI=1S/C14H11Br2N5/c15-5-8-1-3-9(4-2-8)10-6-19-14(20-10)12-13(17)18-7-11(16)21-12/h1-4,6-7H,5H2,(H2,17,18)(H,19,20). The zero-order valence-electron chi connectivity index (χ0n) is 10.8. The number of hydrogen-bond donors (Lipinski definition) is 2. The first kappa shape index (κ1) is 14.2. The Hall–Kier alpha value is -1.73. The van der Waals surface area contributed by atoms with Gasteiger partial charge in [0.15, 0.2) is 11.6 Å². The van der Waals surface area contributed by atoms with Gasteiger partial charge in [-0.25, -0.2) is 15.0 Å². The van der Waals surface area contributed by atoms with E-state index in [1.165, 1.54) is 5.56 Å². The molecule has 0 radical (unpaired) electrons. The van der Waals surface area contributed by atoms with E-state index in [9.17, 15) is 0 Å². The van der Waals surface area contributed by atoms with Crippen molar-refractivity contribution in [1.82, 2.24) is 19.9 Å². The fourth-order valence-electron chi connectivity index (χ4n) is 1.91. The summed E-state index contributed by atoms with van der Waals surface area (Å²) in [6.07, 6.45) is 3.32. The van der Waals surface area contributed by atoms with Gasteiger partial charge in [0.2, 0.25) is 0 Å².